The lowest BCUT2D eigenvalue weighted by molar-refractivity contribution is 1.30. The van der Waals surface area contributed by atoms with E-state index in [1.807, 2.05) is 0 Å². The standard InChI is InChI=1S/C9H5N3S/c10-2-7-1-8(4-11-3-7)9-5-12-6-13-9/h1,3-6H. The second-order valence-corrected chi connectivity index (χ2v) is 3.33. The van der Waals surface area contributed by atoms with Gasteiger partial charge in [0.15, 0.2) is 0 Å². The van der Waals surface area contributed by atoms with Crippen molar-refractivity contribution in [3.05, 3.63) is 35.7 Å². The zero-order valence-corrected chi connectivity index (χ0v) is 7.45. The molecular weight excluding hydrogens is 182 g/mol. The normalized spacial score (nSPS) is 9.46. The van der Waals surface area contributed by atoms with Crippen LogP contribution in [0, 0.1) is 11.3 Å². The van der Waals surface area contributed by atoms with Crippen molar-refractivity contribution < 1.29 is 0 Å². The van der Waals surface area contributed by atoms with Crippen LogP contribution in [0.2, 0.25) is 0 Å². The molecule has 0 N–H and O–H groups in total. The lowest BCUT2D eigenvalue weighted by Gasteiger charge is -1.94. The fourth-order valence-corrected chi connectivity index (χ4v) is 1.60. The Kier molecular flexibility index (Phi) is 2.02. The number of hydrogen-bond acceptors (Lipinski definition) is 4. The summed E-state index contributed by atoms with van der Waals surface area (Å²) in [6, 6.07) is 3.86. The Hall–Kier alpha value is -1.73. The molecule has 0 fully saturated rings. The van der Waals surface area contributed by atoms with Crippen molar-refractivity contribution in [1.82, 2.24) is 9.97 Å². The number of aromatic nitrogens is 2. The van der Waals surface area contributed by atoms with Crippen LogP contribution < -0.4 is 0 Å². The van der Waals surface area contributed by atoms with E-state index in [9.17, 15) is 0 Å². The van der Waals surface area contributed by atoms with E-state index in [4.69, 9.17) is 5.26 Å². The van der Waals surface area contributed by atoms with E-state index < -0.39 is 0 Å². The van der Waals surface area contributed by atoms with Crippen molar-refractivity contribution in [3.8, 4) is 16.5 Å². The molecule has 0 saturated carbocycles. The van der Waals surface area contributed by atoms with Crippen LogP contribution in [-0.4, -0.2) is 9.97 Å². The number of nitriles is 1. The van der Waals surface area contributed by atoms with Crippen LogP contribution in [0.5, 0.6) is 0 Å². The Bertz CT molecular complexity index is 442. The van der Waals surface area contributed by atoms with Crippen molar-refractivity contribution in [2.75, 3.05) is 0 Å². The average Bonchev–Trinajstić information content (AvgIpc) is 2.71. The molecule has 0 radical (unpaired) electrons. The maximum Gasteiger partial charge on any atom is 0.101 e. The van der Waals surface area contributed by atoms with Gasteiger partial charge in [0.25, 0.3) is 0 Å². The Morgan fingerprint density at radius 2 is 2.15 bits per heavy atom. The average molecular weight is 187 g/mol. The molecule has 0 aliphatic carbocycles. The quantitative estimate of drug-likeness (QED) is 0.686. The molecule has 62 valence electrons. The highest BCUT2D eigenvalue weighted by Crippen LogP contribution is 2.22. The highest BCUT2D eigenvalue weighted by atomic mass is 32.1. The maximum absolute atomic E-state index is 8.66. The molecule has 0 spiro atoms. The summed E-state index contributed by atoms with van der Waals surface area (Å²) in [5, 5.41) is 8.66. The minimum atomic E-state index is 0.575. The van der Waals surface area contributed by atoms with Crippen LogP contribution in [0.4, 0.5) is 0 Å². The monoisotopic (exact) mass is 187 g/mol. The van der Waals surface area contributed by atoms with Crippen LogP contribution in [0.3, 0.4) is 0 Å². The summed E-state index contributed by atoms with van der Waals surface area (Å²) in [4.78, 5) is 8.96. The summed E-state index contributed by atoms with van der Waals surface area (Å²) in [5.41, 5.74) is 3.28. The summed E-state index contributed by atoms with van der Waals surface area (Å²) in [6.45, 7) is 0. The Morgan fingerprint density at radius 3 is 2.85 bits per heavy atom. The minimum absolute atomic E-state index is 0.575. The Labute approximate surface area is 79.3 Å². The van der Waals surface area contributed by atoms with E-state index in [-0.39, 0.29) is 0 Å². The van der Waals surface area contributed by atoms with Gasteiger partial charge in [0, 0.05) is 24.2 Å². The Morgan fingerprint density at radius 1 is 1.23 bits per heavy atom. The molecule has 0 saturated heterocycles. The molecule has 0 amide bonds. The van der Waals surface area contributed by atoms with Gasteiger partial charge in [-0.25, -0.2) is 0 Å². The molecule has 2 aromatic heterocycles. The summed E-state index contributed by atoms with van der Waals surface area (Å²) < 4.78 is 0. The van der Waals surface area contributed by atoms with Gasteiger partial charge in [-0.3, -0.25) is 9.97 Å². The first-order chi connectivity index (χ1) is 6.40. The number of thiazole rings is 1. The van der Waals surface area contributed by atoms with Gasteiger partial charge in [0.1, 0.15) is 6.07 Å². The maximum atomic E-state index is 8.66. The topological polar surface area (TPSA) is 49.6 Å². The molecule has 0 aliphatic heterocycles. The second kappa shape index (κ2) is 3.33. The first-order valence-electron chi connectivity index (χ1n) is 3.64. The lowest BCUT2D eigenvalue weighted by atomic mass is 10.2. The molecular formula is C9H5N3S. The first-order valence-corrected chi connectivity index (χ1v) is 4.52. The van der Waals surface area contributed by atoms with Crippen molar-refractivity contribution in [1.29, 1.82) is 5.26 Å². The second-order valence-electron chi connectivity index (χ2n) is 2.44. The summed E-state index contributed by atoms with van der Waals surface area (Å²) in [5.74, 6) is 0. The van der Waals surface area contributed by atoms with Crippen molar-refractivity contribution in [3.63, 3.8) is 0 Å². The number of nitrogens with zero attached hydrogens (tertiary/aromatic N) is 3. The highest BCUT2D eigenvalue weighted by Gasteiger charge is 2.00. The zero-order valence-electron chi connectivity index (χ0n) is 6.64. The van der Waals surface area contributed by atoms with Crippen molar-refractivity contribution in [2.45, 2.75) is 0 Å². The number of hydrogen-bond donors (Lipinski definition) is 0. The van der Waals surface area contributed by atoms with Crippen LogP contribution in [0.1, 0.15) is 5.56 Å². The summed E-state index contributed by atoms with van der Waals surface area (Å²) in [7, 11) is 0. The van der Waals surface area contributed by atoms with E-state index in [1.54, 1.807) is 30.2 Å². The van der Waals surface area contributed by atoms with Crippen LogP contribution in [-0.2, 0) is 0 Å². The van der Waals surface area contributed by atoms with Gasteiger partial charge >= 0.3 is 0 Å². The third-order valence-corrected chi connectivity index (χ3v) is 2.41. The molecule has 2 heterocycles. The third-order valence-electron chi connectivity index (χ3n) is 1.58. The first kappa shape index (κ1) is 7.90. The summed E-state index contributed by atoms with van der Waals surface area (Å²) >= 11 is 1.53. The van der Waals surface area contributed by atoms with Gasteiger partial charge in [-0.2, -0.15) is 5.26 Å². The van der Waals surface area contributed by atoms with E-state index in [2.05, 4.69) is 16.0 Å². The smallest absolute Gasteiger partial charge is 0.101 e. The number of rotatable bonds is 1. The molecule has 2 rings (SSSR count). The molecule has 4 heteroatoms. The van der Waals surface area contributed by atoms with Crippen LogP contribution in [0.25, 0.3) is 10.4 Å². The van der Waals surface area contributed by atoms with Crippen molar-refractivity contribution >= 4 is 11.3 Å². The minimum Gasteiger partial charge on any atom is -0.263 e. The number of pyridine rings is 1. The van der Waals surface area contributed by atoms with E-state index in [0.29, 0.717) is 5.56 Å². The molecule has 3 nitrogen and oxygen atoms in total. The van der Waals surface area contributed by atoms with Gasteiger partial charge in [-0.15, -0.1) is 11.3 Å². The predicted molar refractivity (Wildman–Crippen MR) is 50.1 cm³/mol. The van der Waals surface area contributed by atoms with Gasteiger partial charge in [-0.05, 0) is 6.07 Å². The Balaban J connectivity index is 2.49. The van der Waals surface area contributed by atoms with Gasteiger partial charge < -0.3 is 0 Å². The van der Waals surface area contributed by atoms with E-state index in [0.717, 1.165) is 10.4 Å². The van der Waals surface area contributed by atoms with Crippen molar-refractivity contribution in [2.24, 2.45) is 0 Å². The molecule has 0 bridgehead atoms. The molecule has 0 unspecified atom stereocenters. The van der Waals surface area contributed by atoms with Gasteiger partial charge in [-0.1, -0.05) is 0 Å². The SMILES string of the molecule is N#Cc1cncc(-c2cncs2)c1. The third kappa shape index (κ3) is 1.55. The zero-order chi connectivity index (χ0) is 9.10. The molecule has 13 heavy (non-hydrogen) atoms. The molecule has 2 aromatic rings. The van der Waals surface area contributed by atoms with Gasteiger partial charge in [0.05, 0.1) is 16.0 Å². The molecule has 0 aromatic carbocycles. The predicted octanol–water partition coefficient (Wildman–Crippen LogP) is 2.08. The molecule has 0 atom stereocenters. The van der Waals surface area contributed by atoms with Crippen LogP contribution in [0.15, 0.2) is 30.2 Å². The lowest BCUT2D eigenvalue weighted by Crippen LogP contribution is -1.79. The van der Waals surface area contributed by atoms with Crippen LogP contribution >= 0.6 is 11.3 Å². The largest absolute Gasteiger partial charge is 0.263 e. The summed E-state index contributed by atoms with van der Waals surface area (Å²) in [6.07, 6.45) is 5.04. The molecule has 0 aliphatic rings. The van der Waals surface area contributed by atoms with E-state index in [1.165, 1.54) is 11.3 Å². The fraction of sp³-hybridized carbons (Fsp3) is 0. The highest BCUT2D eigenvalue weighted by molar-refractivity contribution is 7.13. The fourth-order valence-electron chi connectivity index (χ4n) is 0.994. The van der Waals surface area contributed by atoms with Gasteiger partial charge in [0.2, 0.25) is 0 Å². The van der Waals surface area contributed by atoms with E-state index >= 15 is 0 Å².